The zero-order chi connectivity index (χ0) is 32.5. The van der Waals surface area contributed by atoms with Gasteiger partial charge in [0.1, 0.15) is 5.75 Å². The SMILES string of the molecule is COc1ccc(C(=O)Nc2cccc(C(=O)NN=Cc3cc(Br)cc(Br)c3OC(=O)c3cc(OC)c(OC)c(OC)c3)c2)cc1. The number of nitrogens with zero attached hydrogens (tertiary/aromatic N) is 1. The molecule has 0 atom stereocenters. The minimum absolute atomic E-state index is 0.148. The molecule has 232 valence electrons. The maximum Gasteiger partial charge on any atom is 0.343 e. The van der Waals surface area contributed by atoms with Crippen molar-refractivity contribution in [2.75, 3.05) is 33.8 Å². The Morgan fingerprint density at radius 2 is 1.40 bits per heavy atom. The molecule has 0 radical (unpaired) electrons. The monoisotopic (exact) mass is 739 g/mol. The summed E-state index contributed by atoms with van der Waals surface area (Å²) in [6, 6.07) is 19.3. The van der Waals surface area contributed by atoms with E-state index in [0.717, 1.165) is 0 Å². The van der Waals surface area contributed by atoms with Gasteiger partial charge in [0.25, 0.3) is 11.8 Å². The number of benzene rings is 4. The molecule has 0 bridgehead atoms. The first-order chi connectivity index (χ1) is 21.7. The summed E-state index contributed by atoms with van der Waals surface area (Å²) < 4.78 is 27.9. The maximum atomic E-state index is 13.2. The van der Waals surface area contributed by atoms with Gasteiger partial charge in [-0.3, -0.25) is 9.59 Å². The number of amides is 2. The summed E-state index contributed by atoms with van der Waals surface area (Å²) in [5.41, 5.74) is 4.08. The molecular weight excluding hydrogens is 714 g/mol. The summed E-state index contributed by atoms with van der Waals surface area (Å²) in [5, 5.41) is 6.82. The van der Waals surface area contributed by atoms with E-state index in [0.29, 0.717) is 37.3 Å². The summed E-state index contributed by atoms with van der Waals surface area (Å²) in [6.07, 6.45) is 1.33. The minimum Gasteiger partial charge on any atom is -0.497 e. The molecule has 11 nitrogen and oxygen atoms in total. The van der Waals surface area contributed by atoms with Crippen LogP contribution in [-0.2, 0) is 0 Å². The second kappa shape index (κ2) is 15.2. The maximum absolute atomic E-state index is 13.2. The van der Waals surface area contributed by atoms with Gasteiger partial charge in [-0.1, -0.05) is 22.0 Å². The van der Waals surface area contributed by atoms with Crippen molar-refractivity contribution >= 4 is 61.5 Å². The van der Waals surface area contributed by atoms with Crippen LogP contribution in [0.4, 0.5) is 5.69 Å². The summed E-state index contributed by atoms with van der Waals surface area (Å²) in [5.74, 6) is 0.0987. The van der Waals surface area contributed by atoms with Crippen molar-refractivity contribution in [2.24, 2.45) is 5.10 Å². The van der Waals surface area contributed by atoms with Crippen LogP contribution >= 0.6 is 31.9 Å². The second-order valence-electron chi connectivity index (χ2n) is 9.07. The van der Waals surface area contributed by atoms with Crippen LogP contribution in [0.2, 0.25) is 0 Å². The fraction of sp³-hybridized carbons (Fsp3) is 0.125. The molecule has 0 saturated carbocycles. The normalized spacial score (nSPS) is 10.6. The van der Waals surface area contributed by atoms with Crippen LogP contribution in [0.15, 0.2) is 86.8 Å². The van der Waals surface area contributed by atoms with Crippen LogP contribution < -0.4 is 34.4 Å². The van der Waals surface area contributed by atoms with E-state index in [9.17, 15) is 14.4 Å². The highest BCUT2D eigenvalue weighted by molar-refractivity contribution is 9.11. The van der Waals surface area contributed by atoms with Crippen molar-refractivity contribution < 1.29 is 38.1 Å². The van der Waals surface area contributed by atoms with Gasteiger partial charge in [-0.25, -0.2) is 10.2 Å². The first-order valence-electron chi connectivity index (χ1n) is 13.1. The van der Waals surface area contributed by atoms with Crippen molar-refractivity contribution in [3.05, 3.63) is 104 Å². The van der Waals surface area contributed by atoms with Gasteiger partial charge in [-0.15, -0.1) is 0 Å². The lowest BCUT2D eigenvalue weighted by Gasteiger charge is -2.15. The third kappa shape index (κ3) is 8.19. The molecule has 4 aromatic carbocycles. The van der Waals surface area contributed by atoms with Gasteiger partial charge in [0, 0.05) is 26.9 Å². The third-order valence-corrected chi connectivity index (χ3v) is 7.28. The van der Waals surface area contributed by atoms with Crippen LogP contribution in [-0.4, -0.2) is 52.4 Å². The second-order valence-corrected chi connectivity index (χ2v) is 10.8. The lowest BCUT2D eigenvalue weighted by atomic mass is 10.1. The number of methoxy groups -OCH3 is 4. The number of esters is 1. The van der Waals surface area contributed by atoms with Crippen molar-refractivity contribution in [3.8, 4) is 28.7 Å². The molecule has 0 aliphatic carbocycles. The van der Waals surface area contributed by atoms with E-state index in [1.807, 2.05) is 0 Å². The number of ether oxygens (including phenoxy) is 5. The van der Waals surface area contributed by atoms with Gasteiger partial charge in [0.15, 0.2) is 17.2 Å². The lowest BCUT2D eigenvalue weighted by Crippen LogP contribution is -2.18. The molecule has 0 heterocycles. The van der Waals surface area contributed by atoms with E-state index in [1.165, 1.54) is 45.7 Å². The van der Waals surface area contributed by atoms with Crippen LogP contribution in [0.3, 0.4) is 0 Å². The van der Waals surface area contributed by atoms with Gasteiger partial charge in [0.2, 0.25) is 5.75 Å². The number of hydrogen-bond acceptors (Lipinski definition) is 9. The molecule has 0 saturated heterocycles. The molecule has 0 unspecified atom stereocenters. The zero-order valence-electron chi connectivity index (χ0n) is 24.5. The summed E-state index contributed by atoms with van der Waals surface area (Å²) in [7, 11) is 5.88. The lowest BCUT2D eigenvalue weighted by molar-refractivity contribution is 0.0731. The van der Waals surface area contributed by atoms with Gasteiger partial charge >= 0.3 is 5.97 Å². The minimum atomic E-state index is -0.704. The van der Waals surface area contributed by atoms with Crippen LogP contribution in [0, 0.1) is 0 Å². The number of hydrogen-bond donors (Lipinski definition) is 2. The summed E-state index contributed by atoms with van der Waals surface area (Å²) in [6.45, 7) is 0. The molecule has 0 spiro atoms. The molecule has 2 amide bonds. The number of halogens is 2. The van der Waals surface area contributed by atoms with E-state index in [-0.39, 0.29) is 34.3 Å². The third-order valence-electron chi connectivity index (χ3n) is 6.24. The molecule has 0 aliphatic rings. The predicted octanol–water partition coefficient (Wildman–Crippen LogP) is 6.48. The van der Waals surface area contributed by atoms with E-state index in [4.69, 9.17) is 23.7 Å². The Hall–Kier alpha value is -4.88. The van der Waals surface area contributed by atoms with E-state index < -0.39 is 11.9 Å². The molecular formula is C32H27Br2N3O8. The first kappa shape index (κ1) is 33.0. The number of rotatable bonds is 11. The average molecular weight is 741 g/mol. The molecule has 2 N–H and O–H groups in total. The number of hydrazone groups is 1. The largest absolute Gasteiger partial charge is 0.497 e. The van der Waals surface area contributed by atoms with Gasteiger partial charge < -0.3 is 29.0 Å². The first-order valence-corrected chi connectivity index (χ1v) is 14.7. The van der Waals surface area contributed by atoms with Crippen LogP contribution in [0.1, 0.15) is 36.6 Å². The Kier molecular flexibility index (Phi) is 11.2. The van der Waals surface area contributed by atoms with Crippen LogP contribution in [0.25, 0.3) is 0 Å². The smallest absolute Gasteiger partial charge is 0.343 e. The highest BCUT2D eigenvalue weighted by Gasteiger charge is 2.21. The number of anilines is 1. The standard InChI is InChI=1S/C32H27Br2N3O8/c1-41-24-10-8-18(9-11-24)30(38)36-23-7-5-6-19(13-23)31(39)37-35-17-21-12-22(33)16-25(34)28(21)45-32(40)20-14-26(42-2)29(44-4)27(15-20)43-3/h5-17H,1-4H3,(H,36,38)(H,37,39). The Morgan fingerprint density at radius 1 is 0.711 bits per heavy atom. The van der Waals surface area contributed by atoms with Crippen molar-refractivity contribution in [1.82, 2.24) is 5.43 Å². The molecule has 0 fully saturated rings. The van der Waals surface area contributed by atoms with Crippen LogP contribution in [0.5, 0.6) is 28.7 Å². The van der Waals surface area contributed by atoms with Crippen molar-refractivity contribution in [3.63, 3.8) is 0 Å². The molecule has 4 aromatic rings. The summed E-state index contributed by atoms with van der Waals surface area (Å²) in [4.78, 5) is 38.7. The van der Waals surface area contributed by atoms with Crippen molar-refractivity contribution in [2.45, 2.75) is 0 Å². The summed E-state index contributed by atoms with van der Waals surface area (Å²) >= 11 is 6.83. The molecule has 13 heteroatoms. The van der Waals surface area contributed by atoms with E-state index in [2.05, 4.69) is 47.7 Å². The van der Waals surface area contributed by atoms with Gasteiger partial charge in [-0.05, 0) is 82.7 Å². The quantitative estimate of drug-likeness (QED) is 0.0773. The molecule has 0 aliphatic heterocycles. The van der Waals surface area contributed by atoms with Crippen molar-refractivity contribution in [1.29, 1.82) is 0 Å². The van der Waals surface area contributed by atoms with E-state index in [1.54, 1.807) is 61.7 Å². The average Bonchev–Trinajstić information content (AvgIpc) is 3.05. The number of nitrogens with one attached hydrogen (secondary N) is 2. The topological polar surface area (TPSA) is 134 Å². The fourth-order valence-corrected chi connectivity index (χ4v) is 5.38. The Morgan fingerprint density at radius 3 is 2.02 bits per heavy atom. The highest BCUT2D eigenvalue weighted by atomic mass is 79.9. The Bertz CT molecular complexity index is 1740. The predicted molar refractivity (Wildman–Crippen MR) is 175 cm³/mol. The zero-order valence-corrected chi connectivity index (χ0v) is 27.6. The highest BCUT2D eigenvalue weighted by Crippen LogP contribution is 2.39. The number of carbonyl (C=O) groups excluding carboxylic acids is 3. The Balaban J connectivity index is 1.49. The molecule has 0 aromatic heterocycles. The van der Waals surface area contributed by atoms with Gasteiger partial charge in [0.05, 0.1) is 44.7 Å². The fourth-order valence-electron chi connectivity index (χ4n) is 4.04. The Labute approximate surface area is 275 Å². The molecule has 4 rings (SSSR count). The molecule has 45 heavy (non-hydrogen) atoms. The number of carbonyl (C=O) groups is 3. The van der Waals surface area contributed by atoms with Gasteiger partial charge in [-0.2, -0.15) is 5.10 Å². The van der Waals surface area contributed by atoms with E-state index >= 15 is 0 Å².